The fourth-order valence-corrected chi connectivity index (χ4v) is 1.58. The standard InChI is InChI=1S/C14H19NO3/c1-14(2,3)11-7-5-10(6-8-11)9-12(15-17)13(16)18-4/h5-8,17H,9H2,1-4H3/b15-12-. The molecule has 18 heavy (non-hydrogen) atoms. The van der Waals surface area contributed by atoms with E-state index in [1.807, 2.05) is 24.3 Å². The quantitative estimate of drug-likeness (QED) is 0.387. The van der Waals surface area contributed by atoms with Crippen molar-refractivity contribution in [1.29, 1.82) is 0 Å². The van der Waals surface area contributed by atoms with Crippen LogP contribution in [-0.2, 0) is 21.4 Å². The van der Waals surface area contributed by atoms with Crippen LogP contribution in [0.15, 0.2) is 29.4 Å². The van der Waals surface area contributed by atoms with Gasteiger partial charge in [0.1, 0.15) is 0 Å². The van der Waals surface area contributed by atoms with E-state index in [4.69, 9.17) is 5.21 Å². The summed E-state index contributed by atoms with van der Waals surface area (Å²) in [5.41, 5.74) is 2.21. The minimum Gasteiger partial charge on any atom is -0.464 e. The lowest BCUT2D eigenvalue weighted by molar-refractivity contribution is -0.133. The van der Waals surface area contributed by atoms with Crippen molar-refractivity contribution in [2.75, 3.05) is 7.11 Å². The Balaban J connectivity index is 2.84. The minimum atomic E-state index is -0.614. The van der Waals surface area contributed by atoms with E-state index in [2.05, 4.69) is 30.7 Å². The number of methoxy groups -OCH3 is 1. The number of benzene rings is 1. The molecule has 0 spiro atoms. The predicted octanol–water partition coefficient (Wildman–Crippen LogP) is 2.53. The fraction of sp³-hybridized carbons (Fsp3) is 0.429. The molecule has 0 aliphatic rings. The van der Waals surface area contributed by atoms with Crippen LogP contribution >= 0.6 is 0 Å². The van der Waals surface area contributed by atoms with Crippen molar-refractivity contribution in [2.24, 2.45) is 5.16 Å². The van der Waals surface area contributed by atoms with E-state index in [1.54, 1.807) is 0 Å². The number of carbonyl (C=O) groups excluding carboxylic acids is 1. The molecule has 0 radical (unpaired) electrons. The first-order chi connectivity index (χ1) is 8.38. The second-order valence-corrected chi connectivity index (χ2v) is 5.16. The molecule has 1 aromatic carbocycles. The summed E-state index contributed by atoms with van der Waals surface area (Å²) < 4.78 is 4.52. The summed E-state index contributed by atoms with van der Waals surface area (Å²) in [5, 5.41) is 11.7. The molecule has 0 fully saturated rings. The number of rotatable bonds is 3. The monoisotopic (exact) mass is 249 g/mol. The zero-order valence-electron chi connectivity index (χ0n) is 11.2. The molecule has 1 N–H and O–H groups in total. The number of hydrogen-bond acceptors (Lipinski definition) is 4. The maximum atomic E-state index is 11.3. The Morgan fingerprint density at radius 2 is 1.83 bits per heavy atom. The molecule has 0 aliphatic heterocycles. The Bertz CT molecular complexity index is 441. The smallest absolute Gasteiger partial charge is 0.356 e. The molecule has 1 aromatic rings. The van der Waals surface area contributed by atoms with E-state index >= 15 is 0 Å². The van der Waals surface area contributed by atoms with Gasteiger partial charge in [0.15, 0.2) is 5.71 Å². The zero-order valence-corrected chi connectivity index (χ0v) is 11.2. The van der Waals surface area contributed by atoms with E-state index in [-0.39, 0.29) is 17.5 Å². The first kappa shape index (κ1) is 14.2. The Morgan fingerprint density at radius 1 is 1.28 bits per heavy atom. The van der Waals surface area contributed by atoms with Crippen LogP contribution in [0.1, 0.15) is 31.9 Å². The number of nitrogens with zero attached hydrogens (tertiary/aromatic N) is 1. The van der Waals surface area contributed by atoms with E-state index in [9.17, 15) is 4.79 Å². The lowest BCUT2D eigenvalue weighted by atomic mass is 9.86. The normalized spacial score (nSPS) is 12.3. The Kier molecular flexibility index (Phi) is 4.48. The van der Waals surface area contributed by atoms with Gasteiger partial charge < -0.3 is 9.94 Å². The van der Waals surface area contributed by atoms with Gasteiger partial charge in [0.25, 0.3) is 0 Å². The molecule has 0 aromatic heterocycles. The van der Waals surface area contributed by atoms with Gasteiger partial charge in [-0.3, -0.25) is 0 Å². The second kappa shape index (κ2) is 5.67. The molecular weight excluding hydrogens is 230 g/mol. The summed E-state index contributed by atoms with van der Waals surface area (Å²) in [6.45, 7) is 6.41. The molecule has 0 bridgehead atoms. The fourth-order valence-electron chi connectivity index (χ4n) is 1.58. The van der Waals surface area contributed by atoms with Gasteiger partial charge in [-0.25, -0.2) is 4.79 Å². The molecule has 4 nitrogen and oxygen atoms in total. The first-order valence-electron chi connectivity index (χ1n) is 5.77. The van der Waals surface area contributed by atoms with Crippen LogP contribution < -0.4 is 0 Å². The maximum absolute atomic E-state index is 11.3. The molecule has 1 rings (SSSR count). The summed E-state index contributed by atoms with van der Waals surface area (Å²) in [6.07, 6.45) is 0.258. The topological polar surface area (TPSA) is 58.9 Å². The van der Waals surface area contributed by atoms with Gasteiger partial charge in [0, 0.05) is 6.42 Å². The lowest BCUT2D eigenvalue weighted by Crippen LogP contribution is -2.18. The van der Waals surface area contributed by atoms with E-state index in [0.717, 1.165) is 5.56 Å². The van der Waals surface area contributed by atoms with E-state index in [1.165, 1.54) is 12.7 Å². The molecule has 0 unspecified atom stereocenters. The molecule has 4 heteroatoms. The van der Waals surface area contributed by atoms with Crippen LogP contribution in [-0.4, -0.2) is 24.0 Å². The minimum absolute atomic E-state index is 0.000934. The third-order valence-corrected chi connectivity index (χ3v) is 2.73. The average Bonchev–Trinajstić information content (AvgIpc) is 2.34. The average molecular weight is 249 g/mol. The Morgan fingerprint density at radius 3 is 2.22 bits per heavy atom. The number of carbonyl (C=O) groups is 1. The largest absolute Gasteiger partial charge is 0.464 e. The molecule has 0 saturated carbocycles. The van der Waals surface area contributed by atoms with Crippen molar-refractivity contribution >= 4 is 11.7 Å². The van der Waals surface area contributed by atoms with Crippen molar-refractivity contribution in [3.05, 3.63) is 35.4 Å². The van der Waals surface area contributed by atoms with Gasteiger partial charge in [0.2, 0.25) is 0 Å². The molecule has 98 valence electrons. The van der Waals surface area contributed by atoms with Crippen molar-refractivity contribution in [3.63, 3.8) is 0 Å². The van der Waals surface area contributed by atoms with Crippen molar-refractivity contribution in [2.45, 2.75) is 32.6 Å². The van der Waals surface area contributed by atoms with Crippen LogP contribution in [0.25, 0.3) is 0 Å². The zero-order chi connectivity index (χ0) is 13.8. The van der Waals surface area contributed by atoms with E-state index in [0.29, 0.717) is 0 Å². The molecule has 0 atom stereocenters. The van der Waals surface area contributed by atoms with Crippen molar-refractivity contribution < 1.29 is 14.7 Å². The molecule has 0 saturated heterocycles. The van der Waals surface area contributed by atoms with Crippen LogP contribution in [0.2, 0.25) is 0 Å². The van der Waals surface area contributed by atoms with Gasteiger partial charge in [-0.05, 0) is 16.5 Å². The van der Waals surface area contributed by atoms with Crippen LogP contribution in [0.3, 0.4) is 0 Å². The lowest BCUT2D eigenvalue weighted by Gasteiger charge is -2.19. The second-order valence-electron chi connectivity index (χ2n) is 5.16. The number of ether oxygens (including phenoxy) is 1. The summed E-state index contributed by atoms with van der Waals surface area (Å²) in [4.78, 5) is 11.3. The van der Waals surface area contributed by atoms with Crippen LogP contribution in [0.5, 0.6) is 0 Å². The number of oxime groups is 1. The van der Waals surface area contributed by atoms with Gasteiger partial charge in [-0.2, -0.15) is 0 Å². The summed E-state index contributed by atoms with van der Waals surface area (Å²) in [5.74, 6) is -0.614. The van der Waals surface area contributed by atoms with Crippen LogP contribution in [0.4, 0.5) is 0 Å². The summed E-state index contributed by atoms with van der Waals surface area (Å²) >= 11 is 0. The van der Waals surface area contributed by atoms with Gasteiger partial charge >= 0.3 is 5.97 Å². The molecule has 0 aliphatic carbocycles. The predicted molar refractivity (Wildman–Crippen MR) is 70.1 cm³/mol. The van der Waals surface area contributed by atoms with Gasteiger partial charge in [-0.1, -0.05) is 50.2 Å². The Hall–Kier alpha value is -1.84. The highest BCUT2D eigenvalue weighted by molar-refractivity contribution is 6.36. The molecular formula is C14H19NO3. The first-order valence-corrected chi connectivity index (χ1v) is 5.77. The van der Waals surface area contributed by atoms with Gasteiger partial charge in [0.05, 0.1) is 7.11 Å². The van der Waals surface area contributed by atoms with Crippen molar-refractivity contribution in [1.82, 2.24) is 0 Å². The molecule has 0 heterocycles. The summed E-state index contributed by atoms with van der Waals surface area (Å²) in [7, 11) is 1.26. The highest BCUT2D eigenvalue weighted by Crippen LogP contribution is 2.22. The highest BCUT2D eigenvalue weighted by atomic mass is 16.5. The van der Waals surface area contributed by atoms with Crippen molar-refractivity contribution in [3.8, 4) is 0 Å². The number of esters is 1. The number of hydrogen-bond donors (Lipinski definition) is 1. The van der Waals surface area contributed by atoms with Gasteiger partial charge in [-0.15, -0.1) is 0 Å². The highest BCUT2D eigenvalue weighted by Gasteiger charge is 2.15. The maximum Gasteiger partial charge on any atom is 0.356 e. The summed E-state index contributed by atoms with van der Waals surface area (Å²) in [6, 6.07) is 7.88. The Labute approximate surface area is 107 Å². The third-order valence-electron chi connectivity index (χ3n) is 2.73. The third kappa shape index (κ3) is 3.58. The van der Waals surface area contributed by atoms with Crippen LogP contribution in [0, 0.1) is 0 Å². The molecule has 0 amide bonds. The SMILES string of the molecule is COC(=O)/C(Cc1ccc(C(C)(C)C)cc1)=N\O. The van der Waals surface area contributed by atoms with E-state index < -0.39 is 5.97 Å².